The Morgan fingerprint density at radius 3 is 2.08 bits per heavy atom. The molecule has 2 amide bonds. The van der Waals surface area contributed by atoms with E-state index in [4.69, 9.17) is 0 Å². The molecule has 0 aliphatic rings. The Bertz CT molecular complexity index is 509. The van der Waals surface area contributed by atoms with Crippen molar-refractivity contribution < 1.29 is 9.36 Å². The molecule has 0 bridgehead atoms. The number of hydrogen-bond donors (Lipinski definition) is 2. The molecule has 0 aliphatic carbocycles. The van der Waals surface area contributed by atoms with Crippen molar-refractivity contribution in [3.8, 4) is 0 Å². The SMILES string of the molecule is CC(C)(C)CCCCNC(=O)NCCCC[n+]1ccn(C(C)(C)C)c1. The van der Waals surface area contributed by atoms with Gasteiger partial charge in [-0.15, -0.1) is 0 Å². The summed E-state index contributed by atoms with van der Waals surface area (Å²) in [5.74, 6) is 0. The topological polar surface area (TPSA) is 49.9 Å². The van der Waals surface area contributed by atoms with Crippen LogP contribution in [-0.2, 0) is 12.1 Å². The normalized spacial score (nSPS) is 12.2. The highest BCUT2D eigenvalue weighted by Crippen LogP contribution is 2.21. The number of imidazole rings is 1. The van der Waals surface area contributed by atoms with Gasteiger partial charge in [-0.2, -0.15) is 0 Å². The van der Waals surface area contributed by atoms with E-state index < -0.39 is 0 Å². The first-order valence-corrected chi connectivity index (χ1v) is 9.67. The van der Waals surface area contributed by atoms with Crippen molar-refractivity contribution in [2.45, 2.75) is 85.7 Å². The first-order chi connectivity index (χ1) is 11.6. The third kappa shape index (κ3) is 10.1. The summed E-state index contributed by atoms with van der Waals surface area (Å²) in [4.78, 5) is 11.7. The summed E-state index contributed by atoms with van der Waals surface area (Å²) in [5, 5.41) is 5.88. The van der Waals surface area contributed by atoms with E-state index in [2.05, 4.69) is 80.0 Å². The number of nitrogens with zero attached hydrogens (tertiary/aromatic N) is 2. The fraction of sp³-hybridized carbons (Fsp3) is 0.800. The van der Waals surface area contributed by atoms with Crippen LogP contribution >= 0.6 is 0 Å². The number of aryl methyl sites for hydroxylation is 1. The van der Waals surface area contributed by atoms with Gasteiger partial charge in [-0.3, -0.25) is 0 Å². The van der Waals surface area contributed by atoms with E-state index in [9.17, 15) is 4.79 Å². The molecule has 0 radical (unpaired) electrons. The highest BCUT2D eigenvalue weighted by Gasteiger charge is 2.18. The molecule has 1 heterocycles. The van der Waals surface area contributed by atoms with Gasteiger partial charge in [0, 0.05) is 13.1 Å². The molecular formula is C20H39N4O+. The van der Waals surface area contributed by atoms with Gasteiger partial charge in [-0.25, -0.2) is 13.9 Å². The van der Waals surface area contributed by atoms with Crippen molar-refractivity contribution in [2.24, 2.45) is 5.41 Å². The molecule has 0 aromatic carbocycles. The zero-order chi connectivity index (χ0) is 18.9. The average molecular weight is 352 g/mol. The number of unbranched alkanes of at least 4 members (excludes halogenated alkanes) is 2. The van der Waals surface area contributed by atoms with Gasteiger partial charge < -0.3 is 10.6 Å². The van der Waals surface area contributed by atoms with Crippen LogP contribution in [0.1, 0.15) is 73.6 Å². The Labute approximate surface area is 154 Å². The zero-order valence-electron chi connectivity index (χ0n) is 17.2. The number of hydrogen-bond acceptors (Lipinski definition) is 1. The van der Waals surface area contributed by atoms with E-state index in [1.165, 1.54) is 6.42 Å². The predicted octanol–water partition coefficient (Wildman–Crippen LogP) is 3.83. The smallest absolute Gasteiger partial charge is 0.314 e. The largest absolute Gasteiger partial charge is 0.338 e. The molecule has 5 nitrogen and oxygen atoms in total. The lowest BCUT2D eigenvalue weighted by molar-refractivity contribution is -0.697. The van der Waals surface area contributed by atoms with Crippen molar-refractivity contribution in [3.05, 3.63) is 18.7 Å². The van der Waals surface area contributed by atoms with Crippen LogP contribution in [0.4, 0.5) is 4.79 Å². The monoisotopic (exact) mass is 351 g/mol. The van der Waals surface area contributed by atoms with E-state index >= 15 is 0 Å². The van der Waals surface area contributed by atoms with Gasteiger partial charge in [-0.05, 0) is 51.9 Å². The lowest BCUT2D eigenvalue weighted by Gasteiger charge is -2.17. The Kier molecular flexibility index (Phi) is 8.46. The van der Waals surface area contributed by atoms with E-state index in [1.807, 2.05) is 0 Å². The third-order valence-electron chi connectivity index (χ3n) is 4.23. The molecule has 0 saturated heterocycles. The number of nitrogens with one attached hydrogen (secondary N) is 2. The molecule has 0 aliphatic heterocycles. The van der Waals surface area contributed by atoms with Crippen LogP contribution in [0.3, 0.4) is 0 Å². The second kappa shape index (κ2) is 9.83. The second-order valence-corrected chi connectivity index (χ2v) is 9.14. The maximum atomic E-state index is 11.7. The maximum absolute atomic E-state index is 11.7. The molecule has 0 fully saturated rings. The van der Waals surface area contributed by atoms with Crippen LogP contribution in [-0.4, -0.2) is 23.7 Å². The number of carbonyl (C=O) groups excluding carboxylic acids is 1. The molecule has 0 spiro atoms. The minimum Gasteiger partial charge on any atom is -0.338 e. The van der Waals surface area contributed by atoms with Crippen LogP contribution in [0.15, 0.2) is 18.7 Å². The number of rotatable bonds is 9. The standard InChI is InChI=1S/C20H38N4O/c1-19(2,3)11-7-8-12-21-18(25)22-13-9-10-14-23-15-16-24(17-23)20(4,5)6/h15-17H,7-14H2,1-6H3,(H-,21,22,25)/p+1. The molecule has 1 aromatic rings. The second-order valence-electron chi connectivity index (χ2n) is 9.14. The molecule has 5 heteroatoms. The zero-order valence-corrected chi connectivity index (χ0v) is 17.2. The van der Waals surface area contributed by atoms with Crippen LogP contribution in [0.25, 0.3) is 0 Å². The van der Waals surface area contributed by atoms with Gasteiger partial charge in [0.1, 0.15) is 17.9 Å². The molecule has 1 aromatic heterocycles. The fourth-order valence-electron chi connectivity index (χ4n) is 2.59. The number of urea groups is 1. The Morgan fingerprint density at radius 1 is 0.960 bits per heavy atom. The van der Waals surface area contributed by atoms with Crippen LogP contribution < -0.4 is 15.2 Å². The number of carbonyl (C=O) groups is 1. The van der Waals surface area contributed by atoms with E-state index in [1.54, 1.807) is 0 Å². The van der Waals surface area contributed by atoms with Crippen LogP contribution in [0.5, 0.6) is 0 Å². The highest BCUT2D eigenvalue weighted by atomic mass is 16.2. The molecule has 0 atom stereocenters. The molecule has 0 saturated carbocycles. The Balaban J connectivity index is 2.04. The Hall–Kier alpha value is -1.52. The fourth-order valence-corrected chi connectivity index (χ4v) is 2.59. The first-order valence-electron chi connectivity index (χ1n) is 9.67. The first kappa shape index (κ1) is 21.5. The van der Waals surface area contributed by atoms with Crippen molar-refractivity contribution in [3.63, 3.8) is 0 Å². The summed E-state index contributed by atoms with van der Waals surface area (Å²) in [7, 11) is 0. The van der Waals surface area contributed by atoms with Gasteiger partial charge >= 0.3 is 6.03 Å². The maximum Gasteiger partial charge on any atom is 0.314 e. The molecule has 1 rings (SSSR count). The van der Waals surface area contributed by atoms with Gasteiger partial charge in [0.05, 0.1) is 6.54 Å². The van der Waals surface area contributed by atoms with Gasteiger partial charge in [0.15, 0.2) is 0 Å². The summed E-state index contributed by atoms with van der Waals surface area (Å²) < 4.78 is 4.43. The molecular weight excluding hydrogens is 312 g/mol. The summed E-state index contributed by atoms with van der Waals surface area (Å²) in [6.45, 7) is 15.8. The van der Waals surface area contributed by atoms with Crippen LogP contribution in [0.2, 0.25) is 0 Å². The van der Waals surface area contributed by atoms with E-state index in [-0.39, 0.29) is 11.6 Å². The van der Waals surface area contributed by atoms with E-state index in [0.29, 0.717) is 5.41 Å². The highest BCUT2D eigenvalue weighted by molar-refractivity contribution is 5.73. The quantitative estimate of drug-likeness (QED) is 0.515. The predicted molar refractivity (Wildman–Crippen MR) is 104 cm³/mol. The van der Waals surface area contributed by atoms with Gasteiger partial charge in [0.2, 0.25) is 6.33 Å². The summed E-state index contributed by atoms with van der Waals surface area (Å²) in [6, 6.07) is -0.0395. The Morgan fingerprint density at radius 2 is 1.56 bits per heavy atom. The lowest BCUT2D eigenvalue weighted by atomic mass is 9.90. The van der Waals surface area contributed by atoms with Crippen molar-refractivity contribution in [1.82, 2.24) is 15.2 Å². The summed E-state index contributed by atoms with van der Waals surface area (Å²) in [6.07, 6.45) is 11.8. The minimum absolute atomic E-state index is 0.0395. The third-order valence-corrected chi connectivity index (χ3v) is 4.23. The minimum atomic E-state index is -0.0395. The average Bonchev–Trinajstić information content (AvgIpc) is 2.94. The van der Waals surface area contributed by atoms with Crippen molar-refractivity contribution in [1.29, 1.82) is 0 Å². The van der Waals surface area contributed by atoms with Crippen LogP contribution in [0, 0.1) is 5.41 Å². The lowest BCUT2D eigenvalue weighted by Crippen LogP contribution is -2.37. The molecule has 25 heavy (non-hydrogen) atoms. The summed E-state index contributed by atoms with van der Waals surface area (Å²) in [5.41, 5.74) is 0.506. The van der Waals surface area contributed by atoms with Crippen molar-refractivity contribution in [2.75, 3.05) is 13.1 Å². The summed E-state index contributed by atoms with van der Waals surface area (Å²) >= 11 is 0. The number of aromatic nitrogens is 2. The van der Waals surface area contributed by atoms with E-state index in [0.717, 1.165) is 45.3 Å². The molecule has 0 unspecified atom stereocenters. The van der Waals surface area contributed by atoms with Crippen molar-refractivity contribution >= 4 is 6.03 Å². The van der Waals surface area contributed by atoms with Gasteiger partial charge in [0.25, 0.3) is 0 Å². The molecule has 144 valence electrons. The van der Waals surface area contributed by atoms with Gasteiger partial charge in [-0.1, -0.05) is 27.2 Å². The number of amides is 2. The molecule has 2 N–H and O–H groups in total.